The molecule has 0 spiro atoms. The van der Waals surface area contributed by atoms with Crippen molar-refractivity contribution in [1.29, 1.82) is 0 Å². The smallest absolute Gasteiger partial charge is 0.174 e. The molecule has 1 aliphatic rings. The second-order valence-electron chi connectivity index (χ2n) is 8.02. The van der Waals surface area contributed by atoms with E-state index in [0.29, 0.717) is 5.70 Å². The van der Waals surface area contributed by atoms with Crippen molar-refractivity contribution in [3.63, 3.8) is 0 Å². The molecule has 8 heteroatoms. The van der Waals surface area contributed by atoms with Crippen molar-refractivity contribution in [3.05, 3.63) is 78.8 Å². The highest BCUT2D eigenvalue weighted by molar-refractivity contribution is 7.98. The fourth-order valence-electron chi connectivity index (χ4n) is 3.95. The molecule has 0 amide bonds. The molecule has 3 heterocycles. The number of fused-ring (bicyclic) bond motifs is 1. The maximum atomic E-state index is 6.28. The van der Waals surface area contributed by atoms with Gasteiger partial charge in [-0.2, -0.15) is 0 Å². The Hall–Kier alpha value is -3.23. The maximum Gasteiger partial charge on any atom is 0.174 e. The van der Waals surface area contributed by atoms with Crippen LogP contribution in [0.5, 0.6) is 5.75 Å². The van der Waals surface area contributed by atoms with Crippen LogP contribution in [-0.2, 0) is 0 Å². The first kappa shape index (κ1) is 22.9. The number of piperidine rings is 1. The van der Waals surface area contributed by atoms with Gasteiger partial charge in [0.25, 0.3) is 0 Å². The topological polar surface area (TPSA) is 95.2 Å². The molecule has 0 aliphatic carbocycles. The van der Waals surface area contributed by atoms with E-state index >= 15 is 0 Å². The molecule has 0 atom stereocenters. The van der Waals surface area contributed by atoms with Crippen LogP contribution in [0.15, 0.2) is 84.0 Å². The van der Waals surface area contributed by atoms with Crippen LogP contribution in [0.2, 0.25) is 0 Å². The molecule has 172 valence electrons. The highest BCUT2D eigenvalue weighted by atomic mass is 32.2. The summed E-state index contributed by atoms with van der Waals surface area (Å²) in [6, 6.07) is 12.1. The normalized spacial score (nSPS) is 16.0. The summed E-state index contributed by atoms with van der Waals surface area (Å²) in [5.41, 5.74) is 15.7. The molecule has 1 aromatic carbocycles. The Morgan fingerprint density at radius 1 is 1.21 bits per heavy atom. The second kappa shape index (κ2) is 10.6. The van der Waals surface area contributed by atoms with E-state index in [1.54, 1.807) is 30.2 Å². The number of hydrogen-bond acceptors (Lipinski definition) is 7. The number of likely N-dealkylation sites (tertiary alicyclic amines) is 1. The minimum atomic E-state index is 0.203. The van der Waals surface area contributed by atoms with Crippen molar-refractivity contribution in [1.82, 2.24) is 19.4 Å². The lowest BCUT2D eigenvalue weighted by Crippen LogP contribution is -2.39. The lowest BCUT2D eigenvalue weighted by Gasteiger charge is -2.32. The summed E-state index contributed by atoms with van der Waals surface area (Å²) in [7, 11) is 0. The van der Waals surface area contributed by atoms with Gasteiger partial charge in [-0.05, 0) is 73.3 Å². The predicted molar refractivity (Wildman–Crippen MR) is 135 cm³/mol. The molecule has 0 unspecified atom stereocenters. The number of pyridine rings is 1. The van der Waals surface area contributed by atoms with Crippen LogP contribution in [0.25, 0.3) is 16.9 Å². The molecular formula is C25H30N6OS. The molecule has 33 heavy (non-hydrogen) atoms. The van der Waals surface area contributed by atoms with Crippen LogP contribution in [0.1, 0.15) is 12.8 Å². The van der Waals surface area contributed by atoms with Crippen molar-refractivity contribution in [3.8, 4) is 11.4 Å². The molecular weight excluding hydrogens is 432 g/mol. The number of aromatic nitrogens is 3. The van der Waals surface area contributed by atoms with Crippen LogP contribution in [-0.4, -0.2) is 51.4 Å². The fraction of sp³-hybridized carbons (Fsp3) is 0.280. The van der Waals surface area contributed by atoms with Gasteiger partial charge in [-0.1, -0.05) is 24.4 Å². The molecule has 4 N–H and O–H groups in total. The van der Waals surface area contributed by atoms with E-state index in [1.807, 2.05) is 36.6 Å². The third-order valence-electron chi connectivity index (χ3n) is 5.63. The molecule has 7 nitrogen and oxygen atoms in total. The first-order chi connectivity index (χ1) is 16.1. The highest BCUT2D eigenvalue weighted by Gasteiger charge is 2.21. The number of thioether (sulfide) groups is 1. The van der Waals surface area contributed by atoms with Gasteiger partial charge in [0.1, 0.15) is 17.4 Å². The highest BCUT2D eigenvalue weighted by Crippen LogP contribution is 2.27. The number of ether oxygens (including phenoxy) is 1. The van der Waals surface area contributed by atoms with Crippen LogP contribution >= 0.6 is 11.8 Å². The SMILES string of the molecule is C=C(N)/C=C\C(=C/N)CN1CCC(Oc2ccc(-n3c(SC)nc4cccnc43)cc2)CC1. The number of rotatable bonds is 8. The zero-order valence-electron chi connectivity index (χ0n) is 18.9. The quantitative estimate of drug-likeness (QED) is 0.388. The molecule has 0 bridgehead atoms. The van der Waals surface area contributed by atoms with Gasteiger partial charge in [-0.15, -0.1) is 0 Å². The minimum absolute atomic E-state index is 0.203. The second-order valence-corrected chi connectivity index (χ2v) is 8.79. The van der Waals surface area contributed by atoms with Gasteiger partial charge < -0.3 is 16.2 Å². The van der Waals surface area contributed by atoms with E-state index in [0.717, 1.165) is 65.8 Å². The molecule has 4 rings (SSSR count). The lowest BCUT2D eigenvalue weighted by molar-refractivity contribution is 0.106. The van der Waals surface area contributed by atoms with E-state index in [-0.39, 0.29) is 6.10 Å². The summed E-state index contributed by atoms with van der Waals surface area (Å²) >= 11 is 1.61. The van der Waals surface area contributed by atoms with Crippen molar-refractivity contribution in [2.75, 3.05) is 25.9 Å². The van der Waals surface area contributed by atoms with Gasteiger partial charge in [0.15, 0.2) is 10.8 Å². The molecule has 2 aromatic heterocycles. The summed E-state index contributed by atoms with van der Waals surface area (Å²) < 4.78 is 8.36. The van der Waals surface area contributed by atoms with E-state index in [1.165, 1.54) is 0 Å². The monoisotopic (exact) mass is 462 g/mol. The Morgan fingerprint density at radius 3 is 2.64 bits per heavy atom. The summed E-state index contributed by atoms with van der Waals surface area (Å²) in [5.74, 6) is 0.882. The predicted octanol–water partition coefficient (Wildman–Crippen LogP) is 3.86. The average molecular weight is 463 g/mol. The van der Waals surface area contributed by atoms with Gasteiger partial charge >= 0.3 is 0 Å². The summed E-state index contributed by atoms with van der Waals surface area (Å²) in [5, 5.41) is 0.918. The van der Waals surface area contributed by atoms with E-state index < -0.39 is 0 Å². The first-order valence-corrected chi connectivity index (χ1v) is 12.2. The molecule has 0 saturated carbocycles. The van der Waals surface area contributed by atoms with Gasteiger partial charge in [-0.3, -0.25) is 9.47 Å². The first-order valence-electron chi connectivity index (χ1n) is 11.0. The number of imidazole rings is 1. The Balaban J connectivity index is 1.36. The van der Waals surface area contributed by atoms with Gasteiger partial charge in [0, 0.05) is 37.2 Å². The molecule has 1 saturated heterocycles. The minimum Gasteiger partial charge on any atom is -0.490 e. The van der Waals surface area contributed by atoms with Gasteiger partial charge in [-0.25, -0.2) is 9.97 Å². The molecule has 1 fully saturated rings. The van der Waals surface area contributed by atoms with Crippen molar-refractivity contribution in [2.45, 2.75) is 24.1 Å². The van der Waals surface area contributed by atoms with Crippen LogP contribution in [0.3, 0.4) is 0 Å². The lowest BCUT2D eigenvalue weighted by atomic mass is 10.1. The summed E-state index contributed by atoms with van der Waals surface area (Å²) in [6.07, 6.45) is 11.3. The third kappa shape index (κ3) is 5.58. The van der Waals surface area contributed by atoms with Crippen LogP contribution in [0, 0.1) is 0 Å². The Bertz CT molecular complexity index is 1160. The van der Waals surface area contributed by atoms with Gasteiger partial charge in [0.05, 0.1) is 0 Å². The Morgan fingerprint density at radius 2 is 1.97 bits per heavy atom. The van der Waals surface area contributed by atoms with E-state index in [9.17, 15) is 0 Å². The van der Waals surface area contributed by atoms with Crippen LogP contribution < -0.4 is 16.2 Å². The van der Waals surface area contributed by atoms with Gasteiger partial charge in [0.2, 0.25) is 0 Å². The molecule has 3 aromatic rings. The third-order valence-corrected chi connectivity index (χ3v) is 6.27. The summed E-state index contributed by atoms with van der Waals surface area (Å²) in [4.78, 5) is 11.6. The molecule has 0 radical (unpaired) electrons. The Kier molecular flexibility index (Phi) is 7.36. The zero-order valence-corrected chi connectivity index (χ0v) is 19.7. The van der Waals surface area contributed by atoms with Crippen molar-refractivity contribution in [2.24, 2.45) is 11.5 Å². The Labute approximate surface area is 198 Å². The fourth-order valence-corrected chi connectivity index (χ4v) is 4.51. The van der Waals surface area contributed by atoms with Crippen LogP contribution in [0.4, 0.5) is 0 Å². The van der Waals surface area contributed by atoms with E-state index in [4.69, 9.17) is 16.2 Å². The number of hydrogen-bond donors (Lipinski definition) is 2. The number of benzene rings is 1. The standard InChI is InChI=1S/C25H30N6OS/c1-18(27)5-6-19(16-26)17-30-14-11-22(12-15-30)32-21-9-7-20(8-10-21)31-24-23(4-3-13-28-24)29-25(31)33-2/h3-10,13,16,22H,1,11-12,14-15,17,26-27H2,2H3/b6-5-,19-16+. The number of nitrogens with two attached hydrogens (primary N) is 2. The van der Waals surface area contributed by atoms with E-state index in [2.05, 4.69) is 38.1 Å². The number of allylic oxidation sites excluding steroid dienone is 1. The molecule has 1 aliphatic heterocycles. The van der Waals surface area contributed by atoms with Crippen molar-refractivity contribution < 1.29 is 4.74 Å². The summed E-state index contributed by atoms with van der Waals surface area (Å²) in [6.45, 7) is 6.40. The largest absolute Gasteiger partial charge is 0.490 e. The number of nitrogens with zero attached hydrogens (tertiary/aromatic N) is 4. The van der Waals surface area contributed by atoms with Crippen molar-refractivity contribution >= 4 is 22.9 Å². The maximum absolute atomic E-state index is 6.28. The average Bonchev–Trinajstić information content (AvgIpc) is 3.22. The zero-order chi connectivity index (χ0) is 23.2.